The third-order valence-corrected chi connectivity index (χ3v) is 5.04. The van der Waals surface area contributed by atoms with Crippen LogP contribution in [-0.4, -0.2) is 21.9 Å². The molecule has 2 atom stereocenters. The van der Waals surface area contributed by atoms with E-state index in [2.05, 4.69) is 19.1 Å². The van der Waals surface area contributed by atoms with Gasteiger partial charge in [-0.2, -0.15) is 0 Å². The van der Waals surface area contributed by atoms with Gasteiger partial charge in [0.1, 0.15) is 0 Å². The van der Waals surface area contributed by atoms with Crippen LogP contribution in [0.4, 0.5) is 0 Å². The van der Waals surface area contributed by atoms with Gasteiger partial charge in [0.15, 0.2) is 0 Å². The van der Waals surface area contributed by atoms with E-state index < -0.39 is 5.97 Å². The summed E-state index contributed by atoms with van der Waals surface area (Å²) in [6, 6.07) is 13.3. The Morgan fingerprint density at radius 2 is 1.87 bits per heavy atom. The fourth-order valence-electron chi connectivity index (χ4n) is 3.96. The second-order valence-electron chi connectivity index (χ2n) is 6.36. The molecule has 0 saturated heterocycles. The molecule has 2 heterocycles. The lowest BCUT2D eigenvalue weighted by atomic mass is 9.89. The van der Waals surface area contributed by atoms with Gasteiger partial charge in [-0.1, -0.05) is 43.3 Å². The first kappa shape index (κ1) is 14.0. The van der Waals surface area contributed by atoms with E-state index >= 15 is 0 Å². The van der Waals surface area contributed by atoms with Gasteiger partial charge >= 0.3 is 5.97 Å². The summed E-state index contributed by atoms with van der Waals surface area (Å²) in [7, 11) is 0. The number of amides is 1. The minimum absolute atomic E-state index is 0.0424. The van der Waals surface area contributed by atoms with Crippen LogP contribution < -0.4 is 0 Å². The van der Waals surface area contributed by atoms with Crippen LogP contribution >= 0.6 is 0 Å². The maximum Gasteiger partial charge on any atom is 0.336 e. The first-order valence-electron chi connectivity index (χ1n) is 7.83. The molecule has 0 spiro atoms. The Labute approximate surface area is 134 Å². The van der Waals surface area contributed by atoms with Crippen molar-refractivity contribution in [3.05, 3.63) is 70.3 Å². The summed E-state index contributed by atoms with van der Waals surface area (Å²) in [6.45, 7) is 2.71. The number of fused-ring (bicyclic) bond motifs is 4. The molecule has 2 aromatic rings. The summed E-state index contributed by atoms with van der Waals surface area (Å²) in [6.07, 6.45) is 0.818. The zero-order valence-corrected chi connectivity index (χ0v) is 12.8. The van der Waals surface area contributed by atoms with Gasteiger partial charge in [-0.3, -0.25) is 4.79 Å². The van der Waals surface area contributed by atoms with E-state index in [1.54, 1.807) is 6.07 Å². The van der Waals surface area contributed by atoms with Crippen molar-refractivity contribution >= 4 is 11.9 Å². The highest BCUT2D eigenvalue weighted by molar-refractivity contribution is 6.08. The largest absolute Gasteiger partial charge is 0.478 e. The molecule has 1 amide bonds. The molecular weight excluding hydrogens is 290 g/mol. The van der Waals surface area contributed by atoms with Crippen LogP contribution in [0.2, 0.25) is 0 Å². The quantitative estimate of drug-likeness (QED) is 0.876. The summed E-state index contributed by atoms with van der Waals surface area (Å²) < 4.78 is 0. The molecule has 2 aliphatic heterocycles. The molecule has 2 aliphatic rings. The summed E-state index contributed by atoms with van der Waals surface area (Å²) in [5.74, 6) is -0.873. The number of carbonyl (C=O) groups is 2. The predicted octanol–water partition coefficient (Wildman–Crippen LogP) is 3.59. The first-order chi connectivity index (χ1) is 11.1. The average Bonchev–Trinajstić information content (AvgIpc) is 2.72. The standard InChI is InChI=1S/C19H17NO3/c1-11-9-16-14-7-4-8-15(19(22)23)17(14)18(21)20(16)10-12-5-2-3-6-13(11)12/h2-8,11,16H,9-10H2,1H3,(H,22,23)/t11-,16+/m0/s1. The molecule has 0 unspecified atom stereocenters. The Hall–Kier alpha value is -2.62. The fraction of sp³-hybridized carbons (Fsp3) is 0.263. The van der Waals surface area contributed by atoms with E-state index in [0.717, 1.165) is 17.5 Å². The van der Waals surface area contributed by atoms with Crippen molar-refractivity contribution in [1.29, 1.82) is 0 Å². The number of carbonyl (C=O) groups excluding carboxylic acids is 1. The van der Waals surface area contributed by atoms with Crippen molar-refractivity contribution in [3.63, 3.8) is 0 Å². The van der Waals surface area contributed by atoms with E-state index in [0.29, 0.717) is 18.0 Å². The third kappa shape index (κ3) is 1.98. The molecule has 0 aromatic heterocycles. The van der Waals surface area contributed by atoms with E-state index in [1.165, 1.54) is 11.6 Å². The molecule has 4 rings (SSSR count). The smallest absolute Gasteiger partial charge is 0.336 e. The second-order valence-corrected chi connectivity index (χ2v) is 6.36. The number of hydrogen-bond acceptors (Lipinski definition) is 2. The fourth-order valence-corrected chi connectivity index (χ4v) is 3.96. The second kappa shape index (κ2) is 4.95. The van der Waals surface area contributed by atoms with Crippen molar-refractivity contribution < 1.29 is 14.7 Å². The molecule has 4 heteroatoms. The number of carboxylic acids is 1. The SMILES string of the molecule is C[C@H]1C[C@@H]2c3cccc(C(=O)O)c3C(=O)N2Cc2ccccc21. The Kier molecular flexibility index (Phi) is 3.01. The van der Waals surface area contributed by atoms with Gasteiger partial charge in [0.2, 0.25) is 0 Å². The molecular formula is C19H17NO3. The van der Waals surface area contributed by atoms with Crippen LogP contribution in [0.5, 0.6) is 0 Å². The summed E-state index contributed by atoms with van der Waals surface area (Å²) in [5.41, 5.74) is 3.78. The van der Waals surface area contributed by atoms with E-state index in [1.807, 2.05) is 23.1 Å². The number of rotatable bonds is 1. The molecule has 0 bridgehead atoms. The lowest BCUT2D eigenvalue weighted by Gasteiger charge is -2.23. The molecule has 1 N–H and O–H groups in total. The lowest BCUT2D eigenvalue weighted by molar-refractivity contribution is 0.0666. The van der Waals surface area contributed by atoms with E-state index in [4.69, 9.17) is 0 Å². The molecule has 2 aromatic carbocycles. The van der Waals surface area contributed by atoms with E-state index in [9.17, 15) is 14.7 Å². The minimum atomic E-state index is -1.04. The predicted molar refractivity (Wildman–Crippen MR) is 85.5 cm³/mol. The van der Waals surface area contributed by atoms with Gasteiger partial charge in [0, 0.05) is 6.54 Å². The number of carboxylic acid groups (broad SMARTS) is 1. The van der Waals surface area contributed by atoms with Gasteiger partial charge in [-0.15, -0.1) is 0 Å². The number of benzene rings is 2. The van der Waals surface area contributed by atoms with Crippen molar-refractivity contribution in [2.24, 2.45) is 0 Å². The van der Waals surface area contributed by atoms with Gasteiger partial charge in [0.05, 0.1) is 17.2 Å². The molecule has 0 fully saturated rings. The van der Waals surface area contributed by atoms with Crippen molar-refractivity contribution in [2.75, 3.05) is 0 Å². The molecule has 116 valence electrons. The Balaban J connectivity index is 1.85. The summed E-state index contributed by atoms with van der Waals surface area (Å²) in [5, 5.41) is 9.39. The third-order valence-electron chi connectivity index (χ3n) is 5.04. The molecule has 23 heavy (non-hydrogen) atoms. The van der Waals surface area contributed by atoms with Crippen molar-refractivity contribution in [3.8, 4) is 0 Å². The Morgan fingerprint density at radius 3 is 2.65 bits per heavy atom. The van der Waals surface area contributed by atoms with Crippen LogP contribution in [0, 0.1) is 0 Å². The molecule has 4 nitrogen and oxygen atoms in total. The highest BCUT2D eigenvalue weighted by atomic mass is 16.4. The van der Waals surface area contributed by atoms with Gasteiger partial charge in [-0.25, -0.2) is 4.79 Å². The lowest BCUT2D eigenvalue weighted by Crippen LogP contribution is -2.27. The van der Waals surface area contributed by atoms with Crippen molar-refractivity contribution in [2.45, 2.75) is 31.8 Å². The zero-order chi connectivity index (χ0) is 16.1. The maximum absolute atomic E-state index is 12.9. The molecule has 0 aliphatic carbocycles. The minimum Gasteiger partial charge on any atom is -0.478 e. The van der Waals surface area contributed by atoms with Crippen LogP contribution in [0.15, 0.2) is 42.5 Å². The van der Waals surface area contributed by atoms with Crippen LogP contribution in [0.25, 0.3) is 0 Å². The first-order valence-corrected chi connectivity index (χ1v) is 7.83. The highest BCUT2D eigenvalue weighted by Gasteiger charge is 2.41. The average molecular weight is 307 g/mol. The Morgan fingerprint density at radius 1 is 1.13 bits per heavy atom. The topological polar surface area (TPSA) is 57.6 Å². The number of aromatic carboxylic acids is 1. The van der Waals surface area contributed by atoms with Gasteiger partial charge < -0.3 is 10.0 Å². The molecule has 0 radical (unpaired) electrons. The van der Waals surface area contributed by atoms with Crippen LogP contribution in [-0.2, 0) is 6.54 Å². The van der Waals surface area contributed by atoms with Gasteiger partial charge in [-0.05, 0) is 35.1 Å². The maximum atomic E-state index is 12.9. The Bertz CT molecular complexity index is 827. The van der Waals surface area contributed by atoms with Gasteiger partial charge in [0.25, 0.3) is 5.91 Å². The van der Waals surface area contributed by atoms with Crippen molar-refractivity contribution in [1.82, 2.24) is 4.90 Å². The normalized spacial score (nSPS) is 22.1. The van der Waals surface area contributed by atoms with Crippen LogP contribution in [0.1, 0.15) is 62.7 Å². The zero-order valence-electron chi connectivity index (χ0n) is 12.8. The number of hydrogen-bond donors (Lipinski definition) is 1. The summed E-state index contributed by atoms with van der Waals surface area (Å²) in [4.78, 5) is 26.2. The highest BCUT2D eigenvalue weighted by Crippen LogP contribution is 2.45. The number of nitrogens with zero attached hydrogens (tertiary/aromatic N) is 1. The molecule has 0 saturated carbocycles. The van der Waals surface area contributed by atoms with E-state index in [-0.39, 0.29) is 17.5 Å². The van der Waals surface area contributed by atoms with Crippen LogP contribution in [0.3, 0.4) is 0 Å². The summed E-state index contributed by atoms with van der Waals surface area (Å²) >= 11 is 0. The monoisotopic (exact) mass is 307 g/mol.